The summed E-state index contributed by atoms with van der Waals surface area (Å²) in [7, 11) is 0. The van der Waals surface area contributed by atoms with Gasteiger partial charge in [-0.3, -0.25) is 9.59 Å². The van der Waals surface area contributed by atoms with Crippen LogP contribution in [0, 0.1) is 0 Å². The SMILES string of the molecule is O=CN1CCC[C@@H]1C(=O)Nc1cccc(C(F)F)c1. The van der Waals surface area contributed by atoms with Gasteiger partial charge in [-0.1, -0.05) is 12.1 Å². The number of nitrogens with zero attached hydrogens (tertiary/aromatic N) is 1. The summed E-state index contributed by atoms with van der Waals surface area (Å²) in [4.78, 5) is 24.2. The number of carbonyl (C=O) groups is 2. The van der Waals surface area contributed by atoms with Crippen molar-refractivity contribution in [2.75, 3.05) is 11.9 Å². The van der Waals surface area contributed by atoms with Crippen LogP contribution >= 0.6 is 0 Å². The molecule has 1 aliphatic heterocycles. The van der Waals surface area contributed by atoms with Crippen LogP contribution in [0.25, 0.3) is 0 Å². The Morgan fingerprint density at radius 3 is 2.95 bits per heavy atom. The first-order valence-corrected chi connectivity index (χ1v) is 6.02. The lowest BCUT2D eigenvalue weighted by atomic mass is 10.1. The molecule has 4 nitrogen and oxygen atoms in total. The molecule has 0 spiro atoms. The molecule has 1 aliphatic rings. The highest BCUT2D eigenvalue weighted by atomic mass is 19.3. The molecule has 6 heteroatoms. The summed E-state index contributed by atoms with van der Waals surface area (Å²) in [6, 6.07) is 5.04. The van der Waals surface area contributed by atoms with Gasteiger partial charge in [-0.25, -0.2) is 8.78 Å². The molecule has 19 heavy (non-hydrogen) atoms. The van der Waals surface area contributed by atoms with Crippen molar-refractivity contribution in [3.05, 3.63) is 29.8 Å². The van der Waals surface area contributed by atoms with Crippen molar-refractivity contribution >= 4 is 18.0 Å². The highest BCUT2D eigenvalue weighted by molar-refractivity contribution is 5.96. The zero-order valence-electron chi connectivity index (χ0n) is 10.2. The predicted octanol–water partition coefficient (Wildman–Crippen LogP) is 2.18. The molecular weight excluding hydrogens is 254 g/mol. The number of carbonyl (C=O) groups excluding carboxylic acids is 2. The molecule has 102 valence electrons. The van der Waals surface area contributed by atoms with Gasteiger partial charge in [0.1, 0.15) is 6.04 Å². The molecule has 0 aliphatic carbocycles. The summed E-state index contributed by atoms with van der Waals surface area (Å²) in [6.45, 7) is 0.554. The molecule has 0 bridgehead atoms. The van der Waals surface area contributed by atoms with E-state index in [4.69, 9.17) is 0 Å². The summed E-state index contributed by atoms with van der Waals surface area (Å²) in [5.41, 5.74) is 0.178. The lowest BCUT2D eigenvalue weighted by Gasteiger charge is -2.19. The number of amides is 2. The van der Waals surface area contributed by atoms with E-state index in [-0.39, 0.29) is 11.5 Å². The van der Waals surface area contributed by atoms with E-state index in [1.165, 1.54) is 23.1 Å². The zero-order chi connectivity index (χ0) is 13.8. The second-order valence-corrected chi connectivity index (χ2v) is 4.42. The van der Waals surface area contributed by atoms with E-state index >= 15 is 0 Å². The number of likely N-dealkylation sites (tertiary alicyclic amines) is 1. The molecule has 0 saturated carbocycles. The van der Waals surface area contributed by atoms with Gasteiger partial charge in [0.25, 0.3) is 6.43 Å². The highest BCUT2D eigenvalue weighted by Crippen LogP contribution is 2.23. The van der Waals surface area contributed by atoms with Crippen LogP contribution in [0.1, 0.15) is 24.8 Å². The first-order chi connectivity index (χ1) is 9.11. The smallest absolute Gasteiger partial charge is 0.263 e. The molecule has 1 fully saturated rings. The number of halogens is 2. The maximum absolute atomic E-state index is 12.5. The summed E-state index contributed by atoms with van der Waals surface area (Å²) >= 11 is 0. The van der Waals surface area contributed by atoms with Gasteiger partial charge in [0.15, 0.2) is 0 Å². The molecule has 2 rings (SSSR count). The van der Waals surface area contributed by atoms with Crippen molar-refractivity contribution in [1.29, 1.82) is 0 Å². The minimum Gasteiger partial charge on any atom is -0.333 e. The van der Waals surface area contributed by atoms with Crippen molar-refractivity contribution in [2.45, 2.75) is 25.3 Å². The van der Waals surface area contributed by atoms with Gasteiger partial charge >= 0.3 is 0 Å². The molecule has 1 aromatic carbocycles. The second-order valence-electron chi connectivity index (χ2n) is 4.42. The van der Waals surface area contributed by atoms with Crippen molar-refractivity contribution in [2.24, 2.45) is 0 Å². The van der Waals surface area contributed by atoms with Crippen LogP contribution in [-0.2, 0) is 9.59 Å². The number of anilines is 1. The predicted molar refractivity (Wildman–Crippen MR) is 65.8 cm³/mol. The largest absolute Gasteiger partial charge is 0.333 e. The molecule has 1 atom stereocenters. The van der Waals surface area contributed by atoms with Gasteiger partial charge in [0.2, 0.25) is 12.3 Å². The number of benzene rings is 1. The van der Waals surface area contributed by atoms with E-state index in [1.807, 2.05) is 0 Å². The highest BCUT2D eigenvalue weighted by Gasteiger charge is 2.29. The lowest BCUT2D eigenvalue weighted by Crippen LogP contribution is -2.38. The number of nitrogens with one attached hydrogen (secondary N) is 1. The Morgan fingerprint density at radius 2 is 2.26 bits per heavy atom. The van der Waals surface area contributed by atoms with Crippen LogP contribution in [0.15, 0.2) is 24.3 Å². The average Bonchev–Trinajstić information content (AvgIpc) is 2.87. The van der Waals surface area contributed by atoms with Crippen LogP contribution in [0.2, 0.25) is 0 Å². The number of alkyl halides is 2. The Morgan fingerprint density at radius 1 is 1.47 bits per heavy atom. The molecule has 1 aromatic rings. The fraction of sp³-hybridized carbons (Fsp3) is 0.385. The monoisotopic (exact) mass is 268 g/mol. The first-order valence-electron chi connectivity index (χ1n) is 6.02. The lowest BCUT2D eigenvalue weighted by molar-refractivity contribution is -0.127. The van der Waals surface area contributed by atoms with Crippen molar-refractivity contribution in [3.63, 3.8) is 0 Å². The third-order valence-electron chi connectivity index (χ3n) is 3.14. The fourth-order valence-corrected chi connectivity index (χ4v) is 2.17. The minimum atomic E-state index is -2.57. The van der Waals surface area contributed by atoms with Crippen LogP contribution in [-0.4, -0.2) is 29.8 Å². The number of rotatable bonds is 4. The Kier molecular flexibility index (Phi) is 4.09. The van der Waals surface area contributed by atoms with Crippen LogP contribution in [0.4, 0.5) is 14.5 Å². The molecule has 0 radical (unpaired) electrons. The van der Waals surface area contributed by atoms with Crippen molar-refractivity contribution in [3.8, 4) is 0 Å². The Balaban J connectivity index is 2.06. The van der Waals surface area contributed by atoms with Gasteiger partial charge in [-0.15, -0.1) is 0 Å². The van der Waals surface area contributed by atoms with E-state index < -0.39 is 12.5 Å². The minimum absolute atomic E-state index is 0.142. The van der Waals surface area contributed by atoms with E-state index in [9.17, 15) is 18.4 Å². The average molecular weight is 268 g/mol. The topological polar surface area (TPSA) is 49.4 Å². The maximum Gasteiger partial charge on any atom is 0.263 e. The fourth-order valence-electron chi connectivity index (χ4n) is 2.17. The molecule has 1 saturated heterocycles. The van der Waals surface area contributed by atoms with E-state index in [0.29, 0.717) is 25.1 Å². The zero-order valence-corrected chi connectivity index (χ0v) is 10.2. The molecule has 0 unspecified atom stereocenters. The van der Waals surface area contributed by atoms with E-state index in [1.54, 1.807) is 6.07 Å². The van der Waals surface area contributed by atoms with Gasteiger partial charge in [0.05, 0.1) is 0 Å². The quantitative estimate of drug-likeness (QED) is 0.851. The van der Waals surface area contributed by atoms with Crippen LogP contribution < -0.4 is 5.32 Å². The van der Waals surface area contributed by atoms with E-state index in [0.717, 1.165) is 6.42 Å². The van der Waals surface area contributed by atoms with Gasteiger partial charge in [-0.05, 0) is 25.0 Å². The molecular formula is C13H14F2N2O2. The summed E-state index contributed by atoms with van der Waals surface area (Å²) in [5.74, 6) is -0.337. The molecule has 1 heterocycles. The summed E-state index contributed by atoms with van der Waals surface area (Å²) in [6.07, 6.45) is -0.561. The van der Waals surface area contributed by atoms with E-state index in [2.05, 4.69) is 5.32 Å². The Bertz CT molecular complexity index is 479. The summed E-state index contributed by atoms with van der Waals surface area (Å²) in [5, 5.41) is 2.57. The van der Waals surface area contributed by atoms with Crippen LogP contribution in [0.5, 0.6) is 0 Å². The van der Waals surface area contributed by atoms with Gasteiger partial charge in [0, 0.05) is 17.8 Å². The summed E-state index contributed by atoms with van der Waals surface area (Å²) < 4.78 is 25.1. The molecule has 2 amide bonds. The van der Waals surface area contributed by atoms with Crippen molar-refractivity contribution in [1.82, 2.24) is 4.90 Å². The van der Waals surface area contributed by atoms with Gasteiger partial charge in [-0.2, -0.15) is 0 Å². The van der Waals surface area contributed by atoms with Crippen LogP contribution in [0.3, 0.4) is 0 Å². The number of hydrogen-bond donors (Lipinski definition) is 1. The standard InChI is InChI=1S/C13H14F2N2O2/c14-12(15)9-3-1-4-10(7-9)16-13(19)11-5-2-6-17(11)8-18/h1,3-4,7-8,11-12H,2,5-6H2,(H,16,19)/t11-/m1/s1. The third-order valence-corrected chi connectivity index (χ3v) is 3.14. The Labute approximate surface area is 109 Å². The molecule has 1 N–H and O–H groups in total. The second kappa shape index (κ2) is 5.77. The third kappa shape index (κ3) is 3.07. The van der Waals surface area contributed by atoms with Gasteiger partial charge < -0.3 is 10.2 Å². The number of hydrogen-bond acceptors (Lipinski definition) is 2. The molecule has 0 aromatic heterocycles. The maximum atomic E-state index is 12.5. The van der Waals surface area contributed by atoms with Crippen molar-refractivity contribution < 1.29 is 18.4 Å². The normalized spacial score (nSPS) is 18.7. The Hall–Kier alpha value is -1.98. The first kappa shape index (κ1) is 13.5.